The van der Waals surface area contributed by atoms with Crippen molar-refractivity contribution in [2.24, 2.45) is 0 Å². The molecule has 0 bridgehead atoms. The molecule has 0 unspecified atom stereocenters. The van der Waals surface area contributed by atoms with Crippen molar-refractivity contribution in [1.29, 1.82) is 0 Å². The number of fused-ring (bicyclic) bond motifs is 3. The molecule has 43 heavy (non-hydrogen) atoms. The second-order valence-electron chi connectivity index (χ2n) is 10.6. The van der Waals surface area contributed by atoms with E-state index in [1.165, 1.54) is 11.1 Å². The van der Waals surface area contributed by atoms with Gasteiger partial charge in [-0.15, -0.1) is 0 Å². The third kappa shape index (κ3) is 4.55. The molecule has 0 saturated heterocycles. The normalized spacial score (nSPS) is 11.3. The molecule has 0 aliphatic rings. The van der Waals surface area contributed by atoms with Crippen molar-refractivity contribution in [2.45, 2.75) is 0 Å². The molecule has 3 aromatic heterocycles. The predicted octanol–water partition coefficient (Wildman–Crippen LogP) is 9.61. The van der Waals surface area contributed by atoms with Gasteiger partial charge in [0.25, 0.3) is 0 Å². The summed E-state index contributed by atoms with van der Waals surface area (Å²) in [6.07, 6.45) is 0. The Morgan fingerprint density at radius 2 is 0.953 bits per heavy atom. The molecular formula is C39H26N4. The lowest BCUT2D eigenvalue weighted by molar-refractivity contribution is 1.01. The Balaban J connectivity index is 1.38. The number of para-hydroxylation sites is 1. The van der Waals surface area contributed by atoms with Crippen molar-refractivity contribution in [3.05, 3.63) is 158 Å². The first kappa shape index (κ1) is 24.9. The summed E-state index contributed by atoms with van der Waals surface area (Å²) >= 11 is 0. The van der Waals surface area contributed by atoms with E-state index < -0.39 is 0 Å². The Hall–Kier alpha value is -5.87. The van der Waals surface area contributed by atoms with Crippen molar-refractivity contribution in [3.8, 4) is 56.3 Å². The summed E-state index contributed by atoms with van der Waals surface area (Å²) in [4.78, 5) is 10.3. The Labute approximate surface area is 249 Å². The van der Waals surface area contributed by atoms with Crippen LogP contribution in [0.25, 0.3) is 72.7 Å². The van der Waals surface area contributed by atoms with Crippen LogP contribution in [-0.4, -0.2) is 19.6 Å². The highest BCUT2D eigenvalue weighted by Gasteiger charge is 2.21. The average Bonchev–Trinajstić information content (AvgIpc) is 3.50. The first-order valence-electron chi connectivity index (χ1n) is 14.4. The van der Waals surface area contributed by atoms with Crippen molar-refractivity contribution >= 4 is 16.4 Å². The highest BCUT2D eigenvalue weighted by atomic mass is 15.2. The largest absolute Gasteiger partial charge is 0.232 e. The van der Waals surface area contributed by atoms with E-state index in [1.54, 1.807) is 0 Å². The van der Waals surface area contributed by atoms with E-state index >= 15 is 0 Å². The fourth-order valence-corrected chi connectivity index (χ4v) is 5.71. The molecule has 0 saturated carbocycles. The summed E-state index contributed by atoms with van der Waals surface area (Å²) in [7, 11) is 0. The second kappa shape index (κ2) is 10.5. The van der Waals surface area contributed by atoms with Gasteiger partial charge in [-0.05, 0) is 29.3 Å². The summed E-state index contributed by atoms with van der Waals surface area (Å²) < 4.78 is 2.05. The van der Waals surface area contributed by atoms with Gasteiger partial charge in [-0.3, -0.25) is 0 Å². The Kier molecular flexibility index (Phi) is 6.08. The molecule has 5 aromatic carbocycles. The third-order valence-corrected chi connectivity index (χ3v) is 7.86. The van der Waals surface area contributed by atoms with Gasteiger partial charge in [0.05, 0.1) is 28.0 Å². The molecule has 0 atom stereocenters. The summed E-state index contributed by atoms with van der Waals surface area (Å²) in [5, 5.41) is 6.33. The first-order valence-corrected chi connectivity index (χ1v) is 14.4. The van der Waals surface area contributed by atoms with E-state index in [0.29, 0.717) is 5.82 Å². The van der Waals surface area contributed by atoms with Crippen molar-refractivity contribution in [3.63, 3.8) is 0 Å². The van der Waals surface area contributed by atoms with Gasteiger partial charge in [0.2, 0.25) is 0 Å². The van der Waals surface area contributed by atoms with Gasteiger partial charge in [-0.1, -0.05) is 140 Å². The van der Waals surface area contributed by atoms with Crippen molar-refractivity contribution in [2.75, 3.05) is 0 Å². The van der Waals surface area contributed by atoms with E-state index in [4.69, 9.17) is 15.1 Å². The molecule has 0 spiro atoms. The minimum atomic E-state index is 0.680. The van der Waals surface area contributed by atoms with E-state index in [2.05, 4.69) is 127 Å². The Morgan fingerprint density at radius 3 is 1.67 bits per heavy atom. The van der Waals surface area contributed by atoms with Crippen LogP contribution in [0.4, 0.5) is 0 Å². The molecule has 202 valence electrons. The first-order chi connectivity index (χ1) is 21.3. The molecule has 0 aliphatic carbocycles. The van der Waals surface area contributed by atoms with Crippen LogP contribution in [0.5, 0.6) is 0 Å². The smallest absolute Gasteiger partial charge is 0.160 e. The number of hydrogen-bond acceptors (Lipinski definition) is 3. The fraction of sp³-hybridized carbons (Fsp3) is 0. The number of rotatable bonds is 5. The summed E-state index contributed by atoms with van der Waals surface area (Å²) in [6, 6.07) is 54.3. The topological polar surface area (TPSA) is 43.1 Å². The standard InChI is InChI=1S/C39H26N4/c1-4-12-27(13-5-1)28-20-22-29(23-21-28)33-26-34(41-39(40-33)32-17-8-3-9-18-32)37-36-25-24-30-14-10-11-19-35(30)43(36)42-38(37)31-15-6-2-7-16-31/h1-26H. The van der Waals surface area contributed by atoms with Gasteiger partial charge >= 0.3 is 0 Å². The molecule has 3 heterocycles. The monoisotopic (exact) mass is 550 g/mol. The van der Waals surface area contributed by atoms with Crippen LogP contribution >= 0.6 is 0 Å². The lowest BCUT2D eigenvalue weighted by atomic mass is 10.00. The number of nitrogens with zero attached hydrogens (tertiary/aromatic N) is 4. The highest BCUT2D eigenvalue weighted by molar-refractivity contribution is 5.96. The van der Waals surface area contributed by atoms with Gasteiger partial charge in [-0.2, -0.15) is 5.10 Å². The van der Waals surface area contributed by atoms with Gasteiger partial charge in [0.15, 0.2) is 5.82 Å². The van der Waals surface area contributed by atoms with E-state index in [1.807, 2.05) is 34.8 Å². The molecule has 0 fully saturated rings. The lowest BCUT2D eigenvalue weighted by Gasteiger charge is -2.11. The molecule has 0 aliphatic heterocycles. The minimum Gasteiger partial charge on any atom is -0.232 e. The molecule has 8 aromatic rings. The molecule has 0 amide bonds. The number of aromatic nitrogens is 4. The zero-order chi connectivity index (χ0) is 28.6. The maximum atomic E-state index is 5.19. The van der Waals surface area contributed by atoms with Crippen LogP contribution in [0.1, 0.15) is 0 Å². The van der Waals surface area contributed by atoms with Crippen LogP contribution in [0.15, 0.2) is 158 Å². The predicted molar refractivity (Wildman–Crippen MR) is 175 cm³/mol. The maximum Gasteiger partial charge on any atom is 0.160 e. The Morgan fingerprint density at radius 1 is 0.395 bits per heavy atom. The van der Waals surface area contributed by atoms with Crippen molar-refractivity contribution in [1.82, 2.24) is 19.6 Å². The fourth-order valence-electron chi connectivity index (χ4n) is 5.71. The van der Waals surface area contributed by atoms with Gasteiger partial charge in [-0.25, -0.2) is 14.5 Å². The van der Waals surface area contributed by atoms with E-state index in [0.717, 1.165) is 55.8 Å². The van der Waals surface area contributed by atoms with Crippen LogP contribution in [0.3, 0.4) is 0 Å². The van der Waals surface area contributed by atoms with E-state index in [9.17, 15) is 0 Å². The summed E-state index contributed by atoms with van der Waals surface area (Å²) in [6.45, 7) is 0. The SMILES string of the molecule is c1ccc(-c2ccc(-c3cc(-c4c(-c5ccccc5)nn5c4ccc4ccccc45)nc(-c4ccccc4)n3)cc2)cc1. The molecule has 4 heteroatoms. The highest BCUT2D eigenvalue weighted by Crippen LogP contribution is 2.38. The zero-order valence-corrected chi connectivity index (χ0v) is 23.3. The van der Waals surface area contributed by atoms with Crippen LogP contribution in [-0.2, 0) is 0 Å². The minimum absolute atomic E-state index is 0.680. The maximum absolute atomic E-state index is 5.19. The molecular weight excluding hydrogens is 524 g/mol. The second-order valence-corrected chi connectivity index (χ2v) is 10.6. The Bertz CT molecular complexity index is 2200. The lowest BCUT2D eigenvalue weighted by Crippen LogP contribution is -1.96. The molecule has 0 N–H and O–H groups in total. The zero-order valence-electron chi connectivity index (χ0n) is 23.3. The van der Waals surface area contributed by atoms with Gasteiger partial charge < -0.3 is 0 Å². The number of benzene rings is 5. The van der Waals surface area contributed by atoms with Crippen LogP contribution < -0.4 is 0 Å². The van der Waals surface area contributed by atoms with Gasteiger partial charge in [0.1, 0.15) is 5.69 Å². The third-order valence-electron chi connectivity index (χ3n) is 7.86. The van der Waals surface area contributed by atoms with Crippen molar-refractivity contribution < 1.29 is 0 Å². The van der Waals surface area contributed by atoms with E-state index in [-0.39, 0.29) is 0 Å². The molecule has 8 rings (SSSR count). The molecule has 4 nitrogen and oxygen atoms in total. The van der Waals surface area contributed by atoms with Gasteiger partial charge in [0, 0.05) is 22.1 Å². The summed E-state index contributed by atoms with van der Waals surface area (Å²) in [5.74, 6) is 0.680. The molecule has 0 radical (unpaired) electrons. The average molecular weight is 551 g/mol. The van der Waals surface area contributed by atoms with Crippen LogP contribution in [0.2, 0.25) is 0 Å². The van der Waals surface area contributed by atoms with Crippen LogP contribution in [0, 0.1) is 0 Å². The summed E-state index contributed by atoms with van der Waals surface area (Å²) in [5.41, 5.74) is 11.0. The quantitative estimate of drug-likeness (QED) is 0.214. The number of pyridine rings is 1. The number of hydrogen-bond donors (Lipinski definition) is 0.